The van der Waals surface area contributed by atoms with Crippen molar-refractivity contribution in [1.82, 2.24) is 5.32 Å². The predicted molar refractivity (Wildman–Crippen MR) is 90.1 cm³/mol. The van der Waals surface area contributed by atoms with Gasteiger partial charge in [0.2, 0.25) is 0 Å². The molecule has 0 aromatic heterocycles. The predicted octanol–water partition coefficient (Wildman–Crippen LogP) is 3.68. The third-order valence-electron chi connectivity index (χ3n) is 4.63. The highest BCUT2D eigenvalue weighted by Crippen LogP contribution is 2.39. The lowest BCUT2D eigenvalue weighted by Crippen LogP contribution is -2.44. The molecule has 1 aliphatic heterocycles. The number of benzene rings is 1. The number of hydrogen-bond acceptors (Lipinski definition) is 3. The number of aliphatic hydroxyl groups is 1. The van der Waals surface area contributed by atoms with E-state index >= 15 is 0 Å². The van der Waals surface area contributed by atoms with Gasteiger partial charge in [-0.15, -0.1) is 0 Å². The summed E-state index contributed by atoms with van der Waals surface area (Å²) in [5.41, 5.74) is 0.0336. The summed E-state index contributed by atoms with van der Waals surface area (Å²) in [6.45, 7) is 3.47. The molecule has 122 valence electrons. The first-order valence-corrected chi connectivity index (χ1v) is 8.59. The van der Waals surface area contributed by atoms with Gasteiger partial charge in [0.1, 0.15) is 5.78 Å². The second-order valence-corrected chi connectivity index (χ2v) is 6.82. The molecule has 0 saturated carbocycles. The van der Waals surface area contributed by atoms with Gasteiger partial charge in [-0.3, -0.25) is 0 Å². The number of unbranched alkanes of at least 4 members (excludes halogenated alkanes) is 1. The van der Waals surface area contributed by atoms with Crippen molar-refractivity contribution >= 4 is 17.4 Å². The highest BCUT2D eigenvalue weighted by atomic mass is 35.5. The van der Waals surface area contributed by atoms with Gasteiger partial charge < -0.3 is 15.2 Å². The number of carbonyl (C=O) groups is 1. The summed E-state index contributed by atoms with van der Waals surface area (Å²) in [6.07, 6.45) is 5.04. The standard InChI is InChI=1S/C18H26ClNO2/c1-14(21)6-2-3-10-18(22,16-8-5-11-20-13-16)15-7-4-9-17(19)12-15/h4,7,9,12,16,20,22H,2-3,5-6,8,10-11,13H2,1H3/t16-,18-/m1/s1. The Labute approximate surface area is 138 Å². The molecule has 2 rings (SSSR count). The van der Waals surface area contributed by atoms with Crippen molar-refractivity contribution in [3.63, 3.8) is 0 Å². The van der Waals surface area contributed by atoms with Crippen LogP contribution in [0.4, 0.5) is 0 Å². The zero-order chi connectivity index (χ0) is 16.0. The Morgan fingerprint density at radius 1 is 1.45 bits per heavy atom. The maximum absolute atomic E-state index is 11.4. The second-order valence-electron chi connectivity index (χ2n) is 6.39. The smallest absolute Gasteiger partial charge is 0.129 e. The molecule has 1 heterocycles. The van der Waals surface area contributed by atoms with E-state index in [1.54, 1.807) is 6.92 Å². The Morgan fingerprint density at radius 2 is 2.27 bits per heavy atom. The van der Waals surface area contributed by atoms with Crippen LogP contribution in [0, 0.1) is 5.92 Å². The number of piperidine rings is 1. The zero-order valence-electron chi connectivity index (χ0n) is 13.3. The van der Waals surface area contributed by atoms with E-state index in [-0.39, 0.29) is 11.7 Å². The van der Waals surface area contributed by atoms with E-state index < -0.39 is 5.60 Å². The van der Waals surface area contributed by atoms with Crippen molar-refractivity contribution < 1.29 is 9.90 Å². The molecule has 1 aromatic rings. The lowest BCUT2D eigenvalue weighted by atomic mass is 9.74. The van der Waals surface area contributed by atoms with Crippen molar-refractivity contribution in [2.45, 2.75) is 51.0 Å². The number of nitrogens with one attached hydrogen (secondary N) is 1. The first-order chi connectivity index (χ1) is 10.5. The van der Waals surface area contributed by atoms with Crippen LogP contribution in [0.2, 0.25) is 5.02 Å². The minimum Gasteiger partial charge on any atom is -0.385 e. The number of ketones is 1. The topological polar surface area (TPSA) is 49.3 Å². The van der Waals surface area contributed by atoms with E-state index in [4.69, 9.17) is 11.6 Å². The first kappa shape index (κ1) is 17.5. The van der Waals surface area contributed by atoms with Gasteiger partial charge in [0.25, 0.3) is 0 Å². The number of halogens is 1. The fourth-order valence-corrected chi connectivity index (χ4v) is 3.56. The van der Waals surface area contributed by atoms with Crippen LogP contribution in [0.25, 0.3) is 0 Å². The maximum atomic E-state index is 11.4. The number of Topliss-reactive ketones (excluding diaryl/α,β-unsaturated/α-hetero) is 1. The molecule has 2 atom stereocenters. The van der Waals surface area contributed by atoms with Crippen molar-refractivity contribution in [2.75, 3.05) is 13.1 Å². The fraction of sp³-hybridized carbons (Fsp3) is 0.611. The van der Waals surface area contributed by atoms with Crippen LogP contribution in [0.1, 0.15) is 51.0 Å². The molecule has 3 nitrogen and oxygen atoms in total. The van der Waals surface area contributed by atoms with Crippen molar-refractivity contribution in [3.8, 4) is 0 Å². The molecule has 1 saturated heterocycles. The second kappa shape index (κ2) is 8.09. The maximum Gasteiger partial charge on any atom is 0.129 e. The number of rotatable bonds is 7. The normalized spacial score (nSPS) is 21.3. The van der Waals surface area contributed by atoms with E-state index in [1.807, 2.05) is 24.3 Å². The van der Waals surface area contributed by atoms with Gasteiger partial charge in [-0.05, 0) is 63.3 Å². The molecule has 4 heteroatoms. The summed E-state index contributed by atoms with van der Waals surface area (Å²) in [5.74, 6) is 0.405. The van der Waals surface area contributed by atoms with Gasteiger partial charge in [-0.25, -0.2) is 0 Å². The van der Waals surface area contributed by atoms with Gasteiger partial charge in [0, 0.05) is 23.9 Å². The van der Waals surface area contributed by atoms with Crippen LogP contribution >= 0.6 is 11.6 Å². The first-order valence-electron chi connectivity index (χ1n) is 8.21. The van der Waals surface area contributed by atoms with Crippen LogP contribution in [0.15, 0.2) is 24.3 Å². The lowest BCUT2D eigenvalue weighted by Gasteiger charge is -2.39. The van der Waals surface area contributed by atoms with Gasteiger partial charge in [-0.1, -0.05) is 23.7 Å². The highest BCUT2D eigenvalue weighted by molar-refractivity contribution is 6.30. The van der Waals surface area contributed by atoms with E-state index in [0.29, 0.717) is 17.9 Å². The molecule has 1 aliphatic rings. The summed E-state index contributed by atoms with van der Waals surface area (Å²) in [6, 6.07) is 7.57. The number of hydrogen-bond donors (Lipinski definition) is 2. The van der Waals surface area contributed by atoms with Gasteiger partial charge in [-0.2, -0.15) is 0 Å². The van der Waals surface area contributed by atoms with E-state index in [0.717, 1.165) is 44.3 Å². The van der Waals surface area contributed by atoms with Crippen molar-refractivity contribution in [3.05, 3.63) is 34.9 Å². The van der Waals surface area contributed by atoms with Crippen LogP contribution in [0.3, 0.4) is 0 Å². The van der Waals surface area contributed by atoms with E-state index in [2.05, 4.69) is 5.32 Å². The summed E-state index contributed by atoms with van der Waals surface area (Å²) in [4.78, 5) is 11.1. The Hall–Kier alpha value is -0.900. The number of carbonyl (C=O) groups excluding carboxylic acids is 1. The summed E-state index contributed by atoms with van der Waals surface area (Å²) in [7, 11) is 0. The van der Waals surface area contributed by atoms with Gasteiger partial charge >= 0.3 is 0 Å². The van der Waals surface area contributed by atoms with Gasteiger partial charge in [0.05, 0.1) is 5.60 Å². The molecule has 1 fully saturated rings. The molecule has 1 aromatic carbocycles. The quantitative estimate of drug-likeness (QED) is 0.753. The third kappa shape index (κ3) is 4.55. The summed E-state index contributed by atoms with van der Waals surface area (Å²) >= 11 is 6.12. The molecule has 0 bridgehead atoms. The molecule has 22 heavy (non-hydrogen) atoms. The van der Waals surface area contributed by atoms with E-state index in [1.165, 1.54) is 0 Å². The summed E-state index contributed by atoms with van der Waals surface area (Å²) in [5, 5.41) is 15.5. The Balaban J connectivity index is 2.13. The van der Waals surface area contributed by atoms with Crippen LogP contribution in [0.5, 0.6) is 0 Å². The lowest BCUT2D eigenvalue weighted by molar-refractivity contribution is -0.117. The molecule has 0 unspecified atom stereocenters. The van der Waals surface area contributed by atoms with Crippen LogP contribution in [-0.4, -0.2) is 24.0 Å². The van der Waals surface area contributed by atoms with E-state index in [9.17, 15) is 9.90 Å². The SMILES string of the molecule is CC(=O)CCCC[C@@](O)(c1cccc(Cl)c1)[C@@H]1CCCNC1. The largest absolute Gasteiger partial charge is 0.385 e. The third-order valence-corrected chi connectivity index (χ3v) is 4.87. The molecule has 0 aliphatic carbocycles. The average molecular weight is 324 g/mol. The molecule has 0 spiro atoms. The van der Waals surface area contributed by atoms with Crippen LogP contribution < -0.4 is 5.32 Å². The average Bonchev–Trinajstić information content (AvgIpc) is 2.52. The Morgan fingerprint density at radius 3 is 2.91 bits per heavy atom. The van der Waals surface area contributed by atoms with Crippen molar-refractivity contribution in [2.24, 2.45) is 5.92 Å². The Bertz CT molecular complexity index is 500. The summed E-state index contributed by atoms with van der Waals surface area (Å²) < 4.78 is 0. The molecular weight excluding hydrogens is 298 g/mol. The molecule has 2 N–H and O–H groups in total. The highest BCUT2D eigenvalue weighted by Gasteiger charge is 2.38. The molecular formula is C18H26ClNO2. The fourth-order valence-electron chi connectivity index (χ4n) is 3.37. The zero-order valence-corrected chi connectivity index (χ0v) is 14.0. The monoisotopic (exact) mass is 323 g/mol. The van der Waals surface area contributed by atoms with Gasteiger partial charge in [0.15, 0.2) is 0 Å². The van der Waals surface area contributed by atoms with Crippen molar-refractivity contribution in [1.29, 1.82) is 0 Å². The minimum atomic E-state index is -0.866. The Kier molecular flexibility index (Phi) is 6.42. The molecule has 0 radical (unpaired) electrons. The van der Waals surface area contributed by atoms with Crippen LogP contribution in [-0.2, 0) is 10.4 Å². The minimum absolute atomic E-state index is 0.192. The molecule has 0 amide bonds.